The van der Waals surface area contributed by atoms with Gasteiger partial charge in [-0.25, -0.2) is 0 Å². The Labute approximate surface area is 140 Å². The largest absolute Gasteiger partial charge is 0.481 e. The first-order valence-electron chi connectivity index (χ1n) is 9.32. The Kier molecular flexibility index (Phi) is 8.07. The van der Waals surface area contributed by atoms with Crippen molar-refractivity contribution in [1.29, 1.82) is 0 Å². The van der Waals surface area contributed by atoms with Gasteiger partial charge >= 0.3 is 11.9 Å². The van der Waals surface area contributed by atoms with E-state index in [0.717, 1.165) is 19.3 Å². The summed E-state index contributed by atoms with van der Waals surface area (Å²) in [4.78, 5) is 23.4. The lowest BCUT2D eigenvalue weighted by Crippen LogP contribution is -2.48. The van der Waals surface area contributed by atoms with Gasteiger partial charge in [-0.15, -0.1) is 0 Å². The second-order valence-electron chi connectivity index (χ2n) is 7.56. The Morgan fingerprint density at radius 2 is 1.70 bits per heavy atom. The summed E-state index contributed by atoms with van der Waals surface area (Å²) in [6.07, 6.45) is 9.43. The van der Waals surface area contributed by atoms with Crippen LogP contribution in [0, 0.1) is 23.2 Å². The molecule has 0 bridgehead atoms. The number of hydrogen-bond acceptors (Lipinski definition) is 2. The van der Waals surface area contributed by atoms with Crippen LogP contribution in [0.3, 0.4) is 0 Å². The first-order chi connectivity index (χ1) is 10.9. The van der Waals surface area contributed by atoms with Gasteiger partial charge in [-0.1, -0.05) is 59.3 Å². The number of rotatable bonds is 10. The standard InChI is InChI=1S/C19H34O4/c1-4-5-6-7-8-9-10-16-13-15(17(20)21)11-12-19(16,14(2)3)18(22)23/h14-16H,4-13H2,1-3H3,(H,20,21)(H,22,23). The van der Waals surface area contributed by atoms with E-state index in [1.807, 2.05) is 13.8 Å². The monoisotopic (exact) mass is 326 g/mol. The minimum absolute atomic E-state index is 0.0129. The van der Waals surface area contributed by atoms with E-state index < -0.39 is 17.4 Å². The highest BCUT2D eigenvalue weighted by atomic mass is 16.4. The van der Waals surface area contributed by atoms with Crippen LogP contribution in [-0.4, -0.2) is 22.2 Å². The lowest BCUT2D eigenvalue weighted by atomic mass is 9.57. The molecule has 0 saturated heterocycles. The molecule has 0 amide bonds. The first-order valence-corrected chi connectivity index (χ1v) is 9.32. The topological polar surface area (TPSA) is 74.6 Å². The molecule has 0 aliphatic heterocycles. The minimum Gasteiger partial charge on any atom is -0.481 e. The molecule has 3 atom stereocenters. The number of carboxylic acid groups (broad SMARTS) is 2. The van der Waals surface area contributed by atoms with Crippen LogP contribution < -0.4 is 0 Å². The maximum atomic E-state index is 12.0. The molecule has 0 radical (unpaired) electrons. The van der Waals surface area contributed by atoms with Crippen molar-refractivity contribution >= 4 is 11.9 Å². The predicted octanol–water partition coefficient (Wildman–Crippen LogP) is 4.96. The summed E-state index contributed by atoms with van der Waals surface area (Å²) >= 11 is 0. The number of aliphatic carboxylic acids is 2. The van der Waals surface area contributed by atoms with Crippen molar-refractivity contribution in [3.05, 3.63) is 0 Å². The Hall–Kier alpha value is -1.06. The summed E-state index contributed by atoms with van der Waals surface area (Å²) in [6.45, 7) is 6.14. The number of hydrogen-bond donors (Lipinski definition) is 2. The number of carboxylic acids is 2. The van der Waals surface area contributed by atoms with Gasteiger partial charge in [0.15, 0.2) is 0 Å². The lowest BCUT2D eigenvalue weighted by Gasteiger charge is -2.45. The zero-order valence-electron chi connectivity index (χ0n) is 15.0. The third kappa shape index (κ3) is 4.95. The van der Waals surface area contributed by atoms with Crippen LogP contribution in [0.4, 0.5) is 0 Å². The Morgan fingerprint density at radius 1 is 1.09 bits per heavy atom. The summed E-state index contributed by atoms with van der Waals surface area (Å²) in [5.41, 5.74) is -0.741. The van der Waals surface area contributed by atoms with Crippen LogP contribution in [0.5, 0.6) is 0 Å². The van der Waals surface area contributed by atoms with E-state index >= 15 is 0 Å². The molecule has 2 N–H and O–H groups in total. The highest BCUT2D eigenvalue weighted by Gasteiger charge is 2.51. The molecule has 1 rings (SSSR count). The van der Waals surface area contributed by atoms with Gasteiger partial charge in [0.1, 0.15) is 0 Å². The molecule has 0 aromatic heterocycles. The van der Waals surface area contributed by atoms with Crippen molar-refractivity contribution in [3.63, 3.8) is 0 Å². The second kappa shape index (κ2) is 9.29. The quantitative estimate of drug-likeness (QED) is 0.556. The van der Waals surface area contributed by atoms with Gasteiger partial charge in [0.2, 0.25) is 0 Å². The maximum Gasteiger partial charge on any atom is 0.310 e. The molecule has 0 aromatic carbocycles. The van der Waals surface area contributed by atoms with Gasteiger partial charge in [-0.2, -0.15) is 0 Å². The fourth-order valence-electron chi connectivity index (χ4n) is 4.35. The summed E-state index contributed by atoms with van der Waals surface area (Å²) in [5.74, 6) is -1.83. The number of unbranched alkanes of at least 4 members (excludes halogenated alkanes) is 5. The fourth-order valence-corrected chi connectivity index (χ4v) is 4.35. The predicted molar refractivity (Wildman–Crippen MR) is 91.4 cm³/mol. The third-order valence-corrected chi connectivity index (χ3v) is 5.89. The van der Waals surface area contributed by atoms with Gasteiger partial charge in [-0.05, 0) is 37.5 Å². The van der Waals surface area contributed by atoms with E-state index in [1.165, 1.54) is 25.7 Å². The zero-order chi connectivity index (χ0) is 17.5. The van der Waals surface area contributed by atoms with E-state index in [1.54, 1.807) is 0 Å². The lowest BCUT2D eigenvalue weighted by molar-refractivity contribution is -0.165. The first kappa shape index (κ1) is 20.0. The van der Waals surface area contributed by atoms with Crippen molar-refractivity contribution in [1.82, 2.24) is 0 Å². The molecule has 1 fully saturated rings. The van der Waals surface area contributed by atoms with Crippen molar-refractivity contribution in [2.24, 2.45) is 23.2 Å². The fraction of sp³-hybridized carbons (Fsp3) is 0.895. The molecule has 23 heavy (non-hydrogen) atoms. The van der Waals surface area contributed by atoms with Crippen LogP contribution in [0.1, 0.15) is 85.0 Å². The molecule has 0 aromatic rings. The van der Waals surface area contributed by atoms with E-state index in [9.17, 15) is 19.8 Å². The Morgan fingerprint density at radius 3 is 2.22 bits per heavy atom. The molecule has 4 nitrogen and oxygen atoms in total. The van der Waals surface area contributed by atoms with Crippen LogP contribution in [0.2, 0.25) is 0 Å². The van der Waals surface area contributed by atoms with E-state index in [4.69, 9.17) is 0 Å². The van der Waals surface area contributed by atoms with Crippen LogP contribution in [0.25, 0.3) is 0 Å². The summed E-state index contributed by atoms with van der Waals surface area (Å²) in [5, 5.41) is 19.2. The van der Waals surface area contributed by atoms with E-state index in [0.29, 0.717) is 19.3 Å². The molecule has 1 aliphatic rings. The highest BCUT2D eigenvalue weighted by molar-refractivity contribution is 5.77. The maximum absolute atomic E-state index is 12.0. The molecule has 134 valence electrons. The smallest absolute Gasteiger partial charge is 0.310 e. The second-order valence-corrected chi connectivity index (χ2v) is 7.56. The van der Waals surface area contributed by atoms with Gasteiger partial charge < -0.3 is 10.2 Å². The van der Waals surface area contributed by atoms with Gasteiger partial charge in [0.05, 0.1) is 11.3 Å². The average molecular weight is 326 g/mol. The molecule has 3 unspecified atom stereocenters. The Bertz CT molecular complexity index is 391. The molecule has 4 heteroatoms. The van der Waals surface area contributed by atoms with Gasteiger partial charge in [-0.3, -0.25) is 9.59 Å². The summed E-state index contributed by atoms with van der Waals surface area (Å²) in [6, 6.07) is 0. The van der Waals surface area contributed by atoms with E-state index in [-0.39, 0.29) is 17.8 Å². The van der Waals surface area contributed by atoms with Crippen LogP contribution >= 0.6 is 0 Å². The number of carbonyl (C=O) groups is 2. The molecular weight excluding hydrogens is 292 g/mol. The zero-order valence-corrected chi connectivity index (χ0v) is 15.0. The third-order valence-electron chi connectivity index (χ3n) is 5.89. The highest BCUT2D eigenvalue weighted by Crippen LogP contribution is 2.50. The van der Waals surface area contributed by atoms with Crippen molar-refractivity contribution in [3.8, 4) is 0 Å². The van der Waals surface area contributed by atoms with Gasteiger partial charge in [0, 0.05) is 0 Å². The van der Waals surface area contributed by atoms with Crippen molar-refractivity contribution in [2.75, 3.05) is 0 Å². The van der Waals surface area contributed by atoms with Crippen molar-refractivity contribution < 1.29 is 19.8 Å². The summed E-state index contributed by atoms with van der Waals surface area (Å²) in [7, 11) is 0. The summed E-state index contributed by atoms with van der Waals surface area (Å²) < 4.78 is 0. The molecule has 1 aliphatic carbocycles. The minimum atomic E-state index is -0.763. The van der Waals surface area contributed by atoms with Crippen LogP contribution in [0.15, 0.2) is 0 Å². The van der Waals surface area contributed by atoms with Gasteiger partial charge in [0.25, 0.3) is 0 Å². The van der Waals surface area contributed by atoms with Crippen molar-refractivity contribution in [2.45, 2.75) is 85.0 Å². The average Bonchev–Trinajstić information content (AvgIpc) is 2.49. The normalized spacial score (nSPS) is 28.0. The molecule has 0 spiro atoms. The molecule has 1 saturated carbocycles. The molecule has 0 heterocycles. The molecular formula is C19H34O4. The van der Waals surface area contributed by atoms with Crippen LogP contribution in [-0.2, 0) is 9.59 Å². The van der Waals surface area contributed by atoms with E-state index in [2.05, 4.69) is 6.92 Å². The Balaban J connectivity index is 2.71. The SMILES string of the molecule is CCCCCCCCC1CC(C(=O)O)CCC1(C(=O)O)C(C)C.